The molecule has 0 radical (unpaired) electrons. The van der Waals surface area contributed by atoms with Crippen molar-refractivity contribution in [3.8, 4) is 22.8 Å². The summed E-state index contributed by atoms with van der Waals surface area (Å²) in [5.74, 6) is 0.358. The van der Waals surface area contributed by atoms with E-state index in [1.807, 2.05) is 30.3 Å². The van der Waals surface area contributed by atoms with Crippen molar-refractivity contribution in [1.82, 2.24) is 20.3 Å². The van der Waals surface area contributed by atoms with Crippen LogP contribution in [-0.4, -0.2) is 26.2 Å². The molecule has 4 aromatic rings. The standard InChI is InChI=1S/C19H15N5O4/c25-15(10-11-16-22-23-18(27-16)13-4-2-1-3-5-13)20-14-8-6-12(7-9-14)17-21-19(26)28-24-17/h1-9H,10-11H2,(H,20,25)(H,21,24,26). The molecule has 0 fully saturated rings. The zero-order chi connectivity index (χ0) is 19.3. The van der Waals surface area contributed by atoms with Crippen LogP contribution in [0.5, 0.6) is 0 Å². The molecule has 2 aromatic carbocycles. The first-order valence-electron chi connectivity index (χ1n) is 8.51. The van der Waals surface area contributed by atoms with Gasteiger partial charge in [0.05, 0.1) is 0 Å². The van der Waals surface area contributed by atoms with Gasteiger partial charge in [-0.25, -0.2) is 4.79 Å². The highest BCUT2D eigenvalue weighted by molar-refractivity contribution is 5.91. The van der Waals surface area contributed by atoms with Crippen LogP contribution in [0.4, 0.5) is 5.69 Å². The molecule has 0 atom stereocenters. The number of hydrogen-bond acceptors (Lipinski definition) is 7. The second kappa shape index (κ2) is 7.70. The molecule has 28 heavy (non-hydrogen) atoms. The first-order valence-corrected chi connectivity index (χ1v) is 8.51. The summed E-state index contributed by atoms with van der Waals surface area (Å²) < 4.78 is 10.1. The summed E-state index contributed by atoms with van der Waals surface area (Å²) in [6.45, 7) is 0. The molecular formula is C19H15N5O4. The second-order valence-corrected chi connectivity index (χ2v) is 5.94. The van der Waals surface area contributed by atoms with Crippen molar-refractivity contribution in [3.05, 3.63) is 71.0 Å². The number of amides is 1. The molecule has 9 nitrogen and oxygen atoms in total. The lowest BCUT2D eigenvalue weighted by atomic mass is 10.2. The number of nitrogens with one attached hydrogen (secondary N) is 2. The summed E-state index contributed by atoms with van der Waals surface area (Å²) in [6.07, 6.45) is 0.540. The van der Waals surface area contributed by atoms with E-state index < -0.39 is 5.76 Å². The van der Waals surface area contributed by atoms with E-state index >= 15 is 0 Å². The maximum absolute atomic E-state index is 12.1. The van der Waals surface area contributed by atoms with Gasteiger partial charge in [-0.2, -0.15) is 0 Å². The van der Waals surface area contributed by atoms with E-state index in [1.54, 1.807) is 24.3 Å². The molecule has 0 bridgehead atoms. The zero-order valence-corrected chi connectivity index (χ0v) is 14.6. The number of carbonyl (C=O) groups excluding carboxylic acids is 1. The van der Waals surface area contributed by atoms with E-state index in [-0.39, 0.29) is 12.3 Å². The van der Waals surface area contributed by atoms with Crippen LogP contribution in [0.15, 0.2) is 68.3 Å². The fraction of sp³-hybridized carbons (Fsp3) is 0.105. The number of rotatable bonds is 6. The number of hydrogen-bond donors (Lipinski definition) is 2. The van der Waals surface area contributed by atoms with Crippen molar-refractivity contribution in [1.29, 1.82) is 0 Å². The van der Waals surface area contributed by atoms with Gasteiger partial charge in [0.15, 0.2) is 5.82 Å². The Morgan fingerprint density at radius 2 is 1.79 bits per heavy atom. The van der Waals surface area contributed by atoms with Crippen LogP contribution in [0.2, 0.25) is 0 Å². The lowest BCUT2D eigenvalue weighted by molar-refractivity contribution is -0.116. The van der Waals surface area contributed by atoms with Gasteiger partial charge in [-0.3, -0.25) is 14.3 Å². The van der Waals surface area contributed by atoms with E-state index in [9.17, 15) is 9.59 Å². The van der Waals surface area contributed by atoms with Gasteiger partial charge in [-0.15, -0.1) is 10.2 Å². The van der Waals surface area contributed by atoms with E-state index in [4.69, 9.17) is 4.42 Å². The average molecular weight is 377 g/mol. The quantitative estimate of drug-likeness (QED) is 0.529. The van der Waals surface area contributed by atoms with Crippen molar-refractivity contribution in [2.45, 2.75) is 12.8 Å². The smallest absolute Gasteiger partial charge is 0.421 e. The van der Waals surface area contributed by atoms with Crippen molar-refractivity contribution in [2.75, 3.05) is 5.32 Å². The van der Waals surface area contributed by atoms with Crippen LogP contribution < -0.4 is 11.1 Å². The first-order chi connectivity index (χ1) is 13.7. The summed E-state index contributed by atoms with van der Waals surface area (Å²) in [7, 11) is 0. The van der Waals surface area contributed by atoms with Gasteiger partial charge < -0.3 is 9.73 Å². The number of aromatic nitrogens is 4. The molecule has 0 spiro atoms. The molecule has 9 heteroatoms. The SMILES string of the molecule is O=C(CCc1nnc(-c2ccccc2)o1)Nc1ccc(-c2noc(=O)[nH]2)cc1. The van der Waals surface area contributed by atoms with E-state index in [0.717, 1.165) is 5.56 Å². The molecule has 4 rings (SSSR count). The fourth-order valence-electron chi connectivity index (χ4n) is 2.56. The fourth-order valence-corrected chi connectivity index (χ4v) is 2.56. The number of aromatic amines is 1. The van der Waals surface area contributed by atoms with Crippen LogP contribution in [0.25, 0.3) is 22.8 Å². The Kier molecular flexibility index (Phi) is 4.79. The van der Waals surface area contributed by atoms with Crippen molar-refractivity contribution in [2.24, 2.45) is 0 Å². The third kappa shape index (κ3) is 4.04. The molecule has 0 unspecified atom stereocenters. The minimum absolute atomic E-state index is 0.179. The maximum Gasteiger partial charge on any atom is 0.439 e. The number of H-pyrrole nitrogens is 1. The van der Waals surface area contributed by atoms with E-state index in [2.05, 4.69) is 30.2 Å². The van der Waals surface area contributed by atoms with Crippen LogP contribution >= 0.6 is 0 Å². The average Bonchev–Trinajstić information content (AvgIpc) is 3.37. The largest absolute Gasteiger partial charge is 0.439 e. The molecular weight excluding hydrogens is 362 g/mol. The third-order valence-electron chi connectivity index (χ3n) is 3.94. The van der Waals surface area contributed by atoms with Crippen LogP contribution in [-0.2, 0) is 11.2 Å². The Balaban J connectivity index is 1.32. The monoisotopic (exact) mass is 377 g/mol. The molecule has 0 aliphatic carbocycles. The van der Waals surface area contributed by atoms with Gasteiger partial charge >= 0.3 is 5.76 Å². The highest BCUT2D eigenvalue weighted by Gasteiger charge is 2.11. The molecule has 0 aliphatic heterocycles. The lowest BCUT2D eigenvalue weighted by Crippen LogP contribution is -2.12. The van der Waals surface area contributed by atoms with Gasteiger partial charge in [0.2, 0.25) is 17.7 Å². The van der Waals surface area contributed by atoms with Gasteiger partial charge in [0.1, 0.15) is 0 Å². The highest BCUT2D eigenvalue weighted by Crippen LogP contribution is 2.19. The van der Waals surface area contributed by atoms with Crippen molar-refractivity contribution in [3.63, 3.8) is 0 Å². The van der Waals surface area contributed by atoms with Crippen LogP contribution in [0, 0.1) is 0 Å². The summed E-state index contributed by atoms with van der Waals surface area (Å²) in [5, 5.41) is 14.4. The Hall–Kier alpha value is -4.01. The molecule has 2 heterocycles. The van der Waals surface area contributed by atoms with Gasteiger partial charge in [-0.05, 0) is 36.4 Å². The summed E-state index contributed by atoms with van der Waals surface area (Å²) in [5.41, 5.74) is 2.12. The van der Waals surface area contributed by atoms with E-state index in [1.165, 1.54) is 0 Å². The molecule has 0 saturated carbocycles. The number of carbonyl (C=O) groups is 1. The predicted octanol–water partition coefficient (Wildman–Crippen LogP) is 2.65. The zero-order valence-electron chi connectivity index (χ0n) is 14.6. The molecule has 1 amide bonds. The lowest BCUT2D eigenvalue weighted by Gasteiger charge is -2.04. The number of nitrogens with zero attached hydrogens (tertiary/aromatic N) is 3. The predicted molar refractivity (Wildman–Crippen MR) is 99.2 cm³/mol. The highest BCUT2D eigenvalue weighted by atomic mass is 16.5. The van der Waals surface area contributed by atoms with Crippen molar-refractivity contribution < 1.29 is 13.7 Å². The molecule has 2 N–H and O–H groups in total. The summed E-state index contributed by atoms with van der Waals surface area (Å²) in [4.78, 5) is 25.6. The molecule has 140 valence electrons. The number of benzene rings is 2. The van der Waals surface area contributed by atoms with Crippen LogP contribution in [0.1, 0.15) is 12.3 Å². The Bertz CT molecular complexity index is 1130. The summed E-state index contributed by atoms with van der Waals surface area (Å²) >= 11 is 0. The third-order valence-corrected chi connectivity index (χ3v) is 3.94. The minimum Gasteiger partial charge on any atom is -0.421 e. The van der Waals surface area contributed by atoms with Crippen molar-refractivity contribution >= 4 is 11.6 Å². The normalized spacial score (nSPS) is 10.7. The van der Waals surface area contributed by atoms with Gasteiger partial charge in [0.25, 0.3) is 0 Å². The Morgan fingerprint density at radius 1 is 1.00 bits per heavy atom. The maximum atomic E-state index is 12.1. The van der Waals surface area contributed by atoms with Gasteiger partial charge in [-0.1, -0.05) is 23.4 Å². The van der Waals surface area contributed by atoms with Gasteiger partial charge in [0, 0.05) is 29.7 Å². The second-order valence-electron chi connectivity index (χ2n) is 5.94. The van der Waals surface area contributed by atoms with E-state index in [0.29, 0.717) is 35.3 Å². The Labute approximate surface area is 158 Å². The number of anilines is 1. The summed E-state index contributed by atoms with van der Waals surface area (Å²) in [6, 6.07) is 16.3. The Morgan fingerprint density at radius 3 is 2.50 bits per heavy atom. The minimum atomic E-state index is -0.621. The molecule has 2 aromatic heterocycles. The molecule has 0 saturated heterocycles. The number of aryl methyl sites for hydroxylation is 1. The molecule has 0 aliphatic rings. The first kappa shape index (κ1) is 17.4. The van der Waals surface area contributed by atoms with Crippen LogP contribution in [0.3, 0.4) is 0 Å². The topological polar surface area (TPSA) is 127 Å².